The third-order valence-electron chi connectivity index (χ3n) is 1.68. The van der Waals surface area contributed by atoms with Gasteiger partial charge in [-0.15, -0.1) is 11.8 Å². The third kappa shape index (κ3) is 3.83. The molecule has 0 saturated carbocycles. The summed E-state index contributed by atoms with van der Waals surface area (Å²) in [5.74, 6) is 0.834. The standard InChI is InChI=1S/C11H14O2S/c1-3-14-11-6-4-10(5-7-11)8-13-9(2)12/h4-7H,3,8H2,1-2H3. The summed E-state index contributed by atoms with van der Waals surface area (Å²) < 4.78 is 4.88. The van der Waals surface area contributed by atoms with Gasteiger partial charge in [-0.1, -0.05) is 19.1 Å². The average Bonchev–Trinajstić information content (AvgIpc) is 2.17. The lowest BCUT2D eigenvalue weighted by atomic mass is 10.2. The van der Waals surface area contributed by atoms with Crippen LogP contribution >= 0.6 is 11.8 Å². The summed E-state index contributed by atoms with van der Waals surface area (Å²) in [5.41, 5.74) is 1.03. The first-order chi connectivity index (χ1) is 6.72. The van der Waals surface area contributed by atoms with Crippen molar-refractivity contribution >= 4 is 17.7 Å². The number of hydrogen-bond acceptors (Lipinski definition) is 3. The molecule has 0 saturated heterocycles. The van der Waals surface area contributed by atoms with E-state index in [0.717, 1.165) is 11.3 Å². The van der Waals surface area contributed by atoms with Crippen molar-refractivity contribution in [1.82, 2.24) is 0 Å². The molecule has 0 unspecified atom stereocenters. The van der Waals surface area contributed by atoms with Gasteiger partial charge in [-0.3, -0.25) is 4.79 Å². The van der Waals surface area contributed by atoms with Crippen molar-refractivity contribution in [1.29, 1.82) is 0 Å². The smallest absolute Gasteiger partial charge is 0.302 e. The average molecular weight is 210 g/mol. The van der Waals surface area contributed by atoms with Crippen molar-refractivity contribution in [3.05, 3.63) is 29.8 Å². The number of carbonyl (C=O) groups is 1. The highest BCUT2D eigenvalue weighted by Gasteiger charge is 1.96. The first-order valence-corrected chi connectivity index (χ1v) is 5.56. The number of hydrogen-bond donors (Lipinski definition) is 0. The third-order valence-corrected chi connectivity index (χ3v) is 2.57. The van der Waals surface area contributed by atoms with E-state index in [2.05, 4.69) is 6.92 Å². The van der Waals surface area contributed by atoms with Gasteiger partial charge in [0.2, 0.25) is 0 Å². The van der Waals surface area contributed by atoms with Crippen molar-refractivity contribution in [2.24, 2.45) is 0 Å². The highest BCUT2D eigenvalue weighted by molar-refractivity contribution is 7.99. The molecule has 76 valence electrons. The van der Waals surface area contributed by atoms with Crippen molar-refractivity contribution < 1.29 is 9.53 Å². The molecule has 0 N–H and O–H groups in total. The first kappa shape index (κ1) is 11.1. The van der Waals surface area contributed by atoms with Gasteiger partial charge in [0.25, 0.3) is 0 Å². The Morgan fingerprint density at radius 2 is 2.00 bits per heavy atom. The van der Waals surface area contributed by atoms with E-state index in [1.807, 2.05) is 24.3 Å². The zero-order valence-corrected chi connectivity index (χ0v) is 9.26. The fourth-order valence-electron chi connectivity index (χ4n) is 1.03. The number of carbonyl (C=O) groups excluding carboxylic acids is 1. The molecule has 0 aliphatic carbocycles. The van der Waals surface area contributed by atoms with E-state index in [4.69, 9.17) is 4.74 Å². The Bertz CT molecular complexity index is 293. The highest BCUT2D eigenvalue weighted by Crippen LogP contribution is 2.17. The predicted molar refractivity (Wildman–Crippen MR) is 58.3 cm³/mol. The molecule has 1 rings (SSSR count). The molecule has 0 aliphatic rings. The van der Waals surface area contributed by atoms with Crippen molar-refractivity contribution in [3.8, 4) is 0 Å². The van der Waals surface area contributed by atoms with Gasteiger partial charge in [0.05, 0.1) is 0 Å². The monoisotopic (exact) mass is 210 g/mol. The molecule has 0 bridgehead atoms. The van der Waals surface area contributed by atoms with Gasteiger partial charge in [0.15, 0.2) is 0 Å². The molecule has 0 fully saturated rings. The van der Waals surface area contributed by atoms with Crippen LogP contribution in [-0.4, -0.2) is 11.7 Å². The van der Waals surface area contributed by atoms with Crippen LogP contribution in [0.2, 0.25) is 0 Å². The second-order valence-electron chi connectivity index (χ2n) is 2.86. The van der Waals surface area contributed by atoms with Crippen LogP contribution in [0.1, 0.15) is 19.4 Å². The minimum Gasteiger partial charge on any atom is -0.461 e. The fraction of sp³-hybridized carbons (Fsp3) is 0.364. The minimum atomic E-state index is -0.239. The lowest BCUT2D eigenvalue weighted by Gasteiger charge is -2.03. The molecular formula is C11H14O2S. The van der Waals surface area contributed by atoms with Crippen LogP contribution in [0.3, 0.4) is 0 Å². The van der Waals surface area contributed by atoms with Gasteiger partial charge in [0, 0.05) is 11.8 Å². The fourth-order valence-corrected chi connectivity index (χ4v) is 1.70. The van der Waals surface area contributed by atoms with E-state index in [-0.39, 0.29) is 5.97 Å². The normalized spacial score (nSPS) is 9.86. The van der Waals surface area contributed by atoms with Crippen molar-refractivity contribution in [2.75, 3.05) is 5.75 Å². The van der Waals surface area contributed by atoms with Crippen LogP contribution in [-0.2, 0) is 16.1 Å². The Kier molecular flexibility index (Phi) is 4.53. The van der Waals surface area contributed by atoms with E-state index in [0.29, 0.717) is 6.61 Å². The van der Waals surface area contributed by atoms with E-state index in [1.54, 1.807) is 11.8 Å². The Morgan fingerprint density at radius 3 is 2.50 bits per heavy atom. The van der Waals surface area contributed by atoms with Gasteiger partial charge in [-0.25, -0.2) is 0 Å². The van der Waals surface area contributed by atoms with Gasteiger partial charge < -0.3 is 4.74 Å². The Morgan fingerprint density at radius 1 is 1.36 bits per heavy atom. The largest absolute Gasteiger partial charge is 0.461 e. The number of thioether (sulfide) groups is 1. The number of benzene rings is 1. The van der Waals surface area contributed by atoms with Crippen molar-refractivity contribution in [2.45, 2.75) is 25.3 Å². The summed E-state index contributed by atoms with van der Waals surface area (Å²) in [4.78, 5) is 11.8. The molecule has 1 aromatic carbocycles. The molecule has 0 heterocycles. The van der Waals surface area contributed by atoms with Crippen LogP contribution in [0.5, 0.6) is 0 Å². The Hall–Kier alpha value is -0.960. The van der Waals surface area contributed by atoms with E-state index >= 15 is 0 Å². The SMILES string of the molecule is CCSc1ccc(COC(C)=O)cc1. The summed E-state index contributed by atoms with van der Waals surface area (Å²) >= 11 is 1.80. The minimum absolute atomic E-state index is 0.239. The molecule has 0 atom stereocenters. The molecular weight excluding hydrogens is 196 g/mol. The first-order valence-electron chi connectivity index (χ1n) is 4.57. The lowest BCUT2D eigenvalue weighted by molar-refractivity contribution is -0.142. The van der Waals surface area contributed by atoms with Crippen LogP contribution in [0.15, 0.2) is 29.2 Å². The summed E-state index contributed by atoms with van der Waals surface area (Å²) in [5, 5.41) is 0. The second-order valence-corrected chi connectivity index (χ2v) is 4.19. The summed E-state index contributed by atoms with van der Waals surface area (Å²) in [6.45, 7) is 3.91. The highest BCUT2D eigenvalue weighted by atomic mass is 32.2. The number of esters is 1. The molecule has 0 aromatic heterocycles. The van der Waals surface area contributed by atoms with Gasteiger partial charge >= 0.3 is 5.97 Å². The molecule has 0 amide bonds. The maximum Gasteiger partial charge on any atom is 0.302 e. The predicted octanol–water partition coefficient (Wildman–Crippen LogP) is 2.86. The molecule has 14 heavy (non-hydrogen) atoms. The molecule has 0 aliphatic heterocycles. The zero-order valence-electron chi connectivity index (χ0n) is 8.45. The van der Waals surface area contributed by atoms with Crippen molar-refractivity contribution in [3.63, 3.8) is 0 Å². The molecule has 0 radical (unpaired) electrons. The number of ether oxygens (including phenoxy) is 1. The summed E-state index contributed by atoms with van der Waals surface area (Å²) in [6, 6.07) is 8.07. The molecule has 2 nitrogen and oxygen atoms in total. The topological polar surface area (TPSA) is 26.3 Å². The quantitative estimate of drug-likeness (QED) is 0.564. The van der Waals surface area contributed by atoms with Crippen LogP contribution in [0, 0.1) is 0 Å². The van der Waals surface area contributed by atoms with Gasteiger partial charge in [-0.05, 0) is 23.4 Å². The molecule has 1 aromatic rings. The van der Waals surface area contributed by atoms with Crippen LogP contribution < -0.4 is 0 Å². The Balaban J connectivity index is 2.50. The van der Waals surface area contributed by atoms with Gasteiger partial charge in [0.1, 0.15) is 6.61 Å². The van der Waals surface area contributed by atoms with E-state index in [9.17, 15) is 4.79 Å². The van der Waals surface area contributed by atoms with Crippen LogP contribution in [0.4, 0.5) is 0 Å². The second kappa shape index (κ2) is 5.70. The lowest BCUT2D eigenvalue weighted by Crippen LogP contribution is -1.98. The molecule has 3 heteroatoms. The van der Waals surface area contributed by atoms with Crippen LogP contribution in [0.25, 0.3) is 0 Å². The van der Waals surface area contributed by atoms with E-state index < -0.39 is 0 Å². The number of rotatable bonds is 4. The van der Waals surface area contributed by atoms with Gasteiger partial charge in [-0.2, -0.15) is 0 Å². The van der Waals surface area contributed by atoms with E-state index in [1.165, 1.54) is 11.8 Å². The zero-order chi connectivity index (χ0) is 10.4. The summed E-state index contributed by atoms with van der Waals surface area (Å²) in [6.07, 6.45) is 0. The Labute approximate surface area is 88.7 Å². The molecule has 0 spiro atoms. The maximum absolute atomic E-state index is 10.6. The summed E-state index contributed by atoms with van der Waals surface area (Å²) in [7, 11) is 0. The maximum atomic E-state index is 10.6.